The highest BCUT2D eigenvalue weighted by molar-refractivity contribution is 5.67. The van der Waals surface area contributed by atoms with Crippen LogP contribution in [0.25, 0.3) is 0 Å². The van der Waals surface area contributed by atoms with Gasteiger partial charge in [0.2, 0.25) is 0 Å². The minimum Gasteiger partial charge on any atom is -0.550 e. The molecule has 3 rings (SSSR count). The molecule has 3 aliphatic rings. The van der Waals surface area contributed by atoms with E-state index < -0.39 is 5.97 Å². The fourth-order valence-corrected chi connectivity index (χ4v) is 4.42. The molecule has 6 nitrogen and oxygen atoms in total. The lowest BCUT2D eigenvalue weighted by Gasteiger charge is -2.43. The van der Waals surface area contributed by atoms with E-state index in [-0.39, 0.29) is 24.4 Å². The number of carboxylic acids is 1. The number of rotatable bonds is 3. The van der Waals surface area contributed by atoms with Gasteiger partial charge in [0.05, 0.1) is 12.2 Å². The van der Waals surface area contributed by atoms with E-state index in [1.54, 1.807) is 0 Å². The number of nitrogens with two attached hydrogens (primary N) is 2. The van der Waals surface area contributed by atoms with Gasteiger partial charge in [0, 0.05) is 17.9 Å². The molecule has 6 atom stereocenters. The second kappa shape index (κ2) is 6.60. The summed E-state index contributed by atoms with van der Waals surface area (Å²) in [4.78, 5) is 11.0. The minimum atomic E-state index is -0.897. The zero-order valence-electron chi connectivity index (χ0n) is 12.6. The van der Waals surface area contributed by atoms with Crippen LogP contribution in [0, 0.1) is 11.8 Å². The molecule has 120 valence electrons. The van der Waals surface area contributed by atoms with Crippen LogP contribution >= 0.6 is 0 Å². The molecule has 0 aromatic rings. The van der Waals surface area contributed by atoms with Crippen molar-refractivity contribution in [1.82, 2.24) is 10.6 Å². The summed E-state index contributed by atoms with van der Waals surface area (Å²) in [6, 6.07) is 0.857. The summed E-state index contributed by atoms with van der Waals surface area (Å²) < 4.78 is 0. The predicted octanol–water partition coefficient (Wildman–Crippen LogP) is -1.82. The number of carbonyl (C=O) groups excluding carboxylic acids is 1. The summed E-state index contributed by atoms with van der Waals surface area (Å²) in [5, 5.41) is 20.4. The maximum atomic E-state index is 11.0. The van der Waals surface area contributed by atoms with Crippen molar-refractivity contribution in [3.63, 3.8) is 0 Å². The Morgan fingerprint density at radius 2 is 2.00 bits per heavy atom. The lowest BCUT2D eigenvalue weighted by Crippen LogP contribution is -3.06. The van der Waals surface area contributed by atoms with Crippen LogP contribution in [0.3, 0.4) is 0 Å². The Kier molecular flexibility index (Phi) is 4.78. The van der Waals surface area contributed by atoms with E-state index >= 15 is 0 Å². The van der Waals surface area contributed by atoms with E-state index in [4.69, 9.17) is 5.73 Å². The van der Waals surface area contributed by atoms with Gasteiger partial charge in [-0.15, -0.1) is 0 Å². The molecule has 1 aliphatic heterocycles. The van der Waals surface area contributed by atoms with Crippen LogP contribution in [-0.2, 0) is 4.79 Å². The Labute approximate surface area is 126 Å². The van der Waals surface area contributed by atoms with Crippen molar-refractivity contribution >= 4 is 5.97 Å². The Morgan fingerprint density at radius 1 is 1.19 bits per heavy atom. The second-order valence-corrected chi connectivity index (χ2v) is 7.02. The highest BCUT2D eigenvalue weighted by Crippen LogP contribution is 2.26. The molecule has 0 aromatic heterocycles. The van der Waals surface area contributed by atoms with Gasteiger partial charge in [0.25, 0.3) is 0 Å². The van der Waals surface area contributed by atoms with Crippen LogP contribution in [-0.4, -0.2) is 30.5 Å². The van der Waals surface area contributed by atoms with Crippen LogP contribution in [0.4, 0.5) is 0 Å². The van der Waals surface area contributed by atoms with Gasteiger partial charge < -0.3 is 21.0 Å². The van der Waals surface area contributed by atoms with E-state index in [1.807, 2.05) is 0 Å². The summed E-state index contributed by atoms with van der Waals surface area (Å²) in [6.07, 6.45) is 8.65. The smallest absolute Gasteiger partial charge is 0.198 e. The first kappa shape index (κ1) is 15.2. The third kappa shape index (κ3) is 3.56. The fourth-order valence-electron chi connectivity index (χ4n) is 4.42. The van der Waals surface area contributed by atoms with Gasteiger partial charge in [-0.05, 0) is 44.4 Å². The molecule has 1 saturated heterocycles. The molecular formula is C15H28N4O2. The van der Waals surface area contributed by atoms with E-state index in [2.05, 4.69) is 16.0 Å². The van der Waals surface area contributed by atoms with Crippen LogP contribution in [0.15, 0.2) is 0 Å². The number of fused-ring (bicyclic) bond motifs is 1. The van der Waals surface area contributed by atoms with Gasteiger partial charge in [-0.2, -0.15) is 0 Å². The van der Waals surface area contributed by atoms with Crippen molar-refractivity contribution in [3.05, 3.63) is 0 Å². The van der Waals surface area contributed by atoms with Crippen molar-refractivity contribution in [2.24, 2.45) is 17.6 Å². The average Bonchev–Trinajstić information content (AvgIpc) is 2.47. The SMILES string of the molecule is NC1NC(NC2CCCC(C(=O)[O-])C2)[NH2+]C2CCCCC12. The molecule has 0 bridgehead atoms. The summed E-state index contributed by atoms with van der Waals surface area (Å²) in [6.45, 7) is 0. The van der Waals surface area contributed by atoms with Crippen LogP contribution in [0.1, 0.15) is 51.4 Å². The second-order valence-electron chi connectivity index (χ2n) is 7.02. The van der Waals surface area contributed by atoms with Crippen molar-refractivity contribution in [2.75, 3.05) is 0 Å². The van der Waals surface area contributed by atoms with Gasteiger partial charge in [-0.1, -0.05) is 12.8 Å². The Morgan fingerprint density at radius 3 is 2.81 bits per heavy atom. The first-order valence-corrected chi connectivity index (χ1v) is 8.47. The maximum Gasteiger partial charge on any atom is 0.198 e. The largest absolute Gasteiger partial charge is 0.550 e. The molecule has 3 fully saturated rings. The molecule has 0 amide bonds. The number of hydrogen-bond donors (Lipinski definition) is 4. The Balaban J connectivity index is 1.54. The number of nitrogens with one attached hydrogen (secondary N) is 2. The molecule has 0 radical (unpaired) electrons. The van der Waals surface area contributed by atoms with Crippen LogP contribution < -0.4 is 26.8 Å². The van der Waals surface area contributed by atoms with Crippen molar-refractivity contribution in [1.29, 1.82) is 0 Å². The minimum absolute atomic E-state index is 0.0540. The zero-order chi connectivity index (χ0) is 14.8. The third-order valence-electron chi connectivity index (χ3n) is 5.57. The molecule has 1 heterocycles. The van der Waals surface area contributed by atoms with Crippen molar-refractivity contribution in [2.45, 2.75) is 75.9 Å². The van der Waals surface area contributed by atoms with Crippen LogP contribution in [0.2, 0.25) is 0 Å². The summed E-state index contributed by atoms with van der Waals surface area (Å²) in [7, 11) is 0. The van der Waals surface area contributed by atoms with Crippen molar-refractivity contribution in [3.8, 4) is 0 Å². The summed E-state index contributed by atoms with van der Waals surface area (Å²) >= 11 is 0. The summed E-state index contributed by atoms with van der Waals surface area (Å²) in [5.74, 6) is -0.624. The van der Waals surface area contributed by atoms with Gasteiger partial charge >= 0.3 is 0 Å². The van der Waals surface area contributed by atoms with Crippen LogP contribution in [0.5, 0.6) is 0 Å². The number of aliphatic carboxylic acids is 1. The fraction of sp³-hybridized carbons (Fsp3) is 0.933. The van der Waals surface area contributed by atoms with E-state index in [0.29, 0.717) is 18.4 Å². The number of carbonyl (C=O) groups is 1. The van der Waals surface area contributed by atoms with Gasteiger partial charge in [-0.25, -0.2) is 5.32 Å². The van der Waals surface area contributed by atoms with Gasteiger partial charge in [0.15, 0.2) is 6.29 Å². The molecule has 2 saturated carbocycles. The van der Waals surface area contributed by atoms with Crippen molar-refractivity contribution < 1.29 is 15.2 Å². The zero-order valence-corrected chi connectivity index (χ0v) is 12.6. The third-order valence-corrected chi connectivity index (χ3v) is 5.57. The molecule has 2 aliphatic carbocycles. The molecule has 21 heavy (non-hydrogen) atoms. The highest BCUT2D eigenvalue weighted by atomic mass is 16.4. The quantitative estimate of drug-likeness (QED) is 0.490. The highest BCUT2D eigenvalue weighted by Gasteiger charge is 2.40. The Bertz CT molecular complexity index is 379. The summed E-state index contributed by atoms with van der Waals surface area (Å²) in [5.41, 5.74) is 6.29. The average molecular weight is 296 g/mol. The standard InChI is InChI=1S/C15H28N4O2/c16-13-11-6-1-2-7-12(11)18-15(19-13)17-10-5-3-4-9(8-10)14(20)21/h9-13,15,17-19H,1-8,16H2,(H,20,21). The molecule has 0 aromatic carbocycles. The monoisotopic (exact) mass is 296 g/mol. The van der Waals surface area contributed by atoms with E-state index in [9.17, 15) is 9.90 Å². The van der Waals surface area contributed by atoms with Gasteiger partial charge in [-0.3, -0.25) is 5.32 Å². The number of quaternary nitrogens is 1. The first-order valence-electron chi connectivity index (χ1n) is 8.47. The first-order chi connectivity index (χ1) is 10.1. The molecule has 6 heteroatoms. The Hall–Kier alpha value is -0.690. The number of carboxylic acid groups (broad SMARTS) is 1. The molecular weight excluding hydrogens is 268 g/mol. The van der Waals surface area contributed by atoms with Gasteiger partial charge in [0.1, 0.15) is 0 Å². The van der Waals surface area contributed by atoms with E-state index in [1.165, 1.54) is 25.7 Å². The lowest BCUT2D eigenvalue weighted by molar-refractivity contribution is -0.750. The number of hydrogen-bond acceptors (Lipinski definition) is 5. The topological polar surface area (TPSA) is 107 Å². The predicted molar refractivity (Wildman–Crippen MR) is 76.5 cm³/mol. The normalized spacial score (nSPS) is 44.0. The molecule has 6 unspecified atom stereocenters. The molecule has 6 N–H and O–H groups in total. The maximum absolute atomic E-state index is 11.0. The lowest BCUT2D eigenvalue weighted by atomic mass is 9.81. The molecule has 0 spiro atoms. The van der Waals surface area contributed by atoms with E-state index in [0.717, 1.165) is 19.3 Å².